The molecule has 0 fully saturated rings. The van der Waals surface area contributed by atoms with E-state index in [1.807, 2.05) is 0 Å². The zero-order valence-corrected chi connectivity index (χ0v) is 68.3. The first kappa shape index (κ1) is 98.7. The molecule has 0 aromatic rings. The number of allylic oxidation sites excluding steroid dienone is 10. The van der Waals surface area contributed by atoms with Gasteiger partial charge in [0.25, 0.3) is 0 Å². The summed E-state index contributed by atoms with van der Waals surface area (Å²) in [6.45, 7) is 3.72. The highest BCUT2D eigenvalue weighted by Crippen LogP contribution is 2.43. The number of ether oxygens (including phenoxy) is 2. The summed E-state index contributed by atoms with van der Waals surface area (Å²) < 4.78 is 33.4. The van der Waals surface area contributed by atoms with Crippen molar-refractivity contribution in [2.45, 2.75) is 482 Å². The van der Waals surface area contributed by atoms with Crippen LogP contribution in [0, 0.1) is 0 Å². The van der Waals surface area contributed by atoms with Crippen molar-refractivity contribution in [1.82, 2.24) is 0 Å². The van der Waals surface area contributed by atoms with Crippen molar-refractivity contribution in [3.63, 3.8) is 0 Å². The van der Waals surface area contributed by atoms with E-state index in [0.29, 0.717) is 6.42 Å². The molecule has 10 heteroatoms. The van der Waals surface area contributed by atoms with E-state index in [2.05, 4.69) is 74.6 Å². The fourth-order valence-electron chi connectivity index (χ4n) is 13.8. The van der Waals surface area contributed by atoms with Crippen LogP contribution in [0.25, 0.3) is 0 Å². The molecule has 0 aliphatic rings. The maximum atomic E-state index is 12.8. The molecule has 0 spiro atoms. The van der Waals surface area contributed by atoms with E-state index in [-0.39, 0.29) is 38.6 Å². The second kappa shape index (κ2) is 86.6. The number of phosphoric ester groups is 1. The van der Waals surface area contributed by atoms with Crippen molar-refractivity contribution in [2.75, 3.05) is 26.4 Å². The van der Waals surface area contributed by atoms with Crippen molar-refractivity contribution < 1.29 is 37.6 Å². The Kier molecular flexibility index (Phi) is 84.7. The Balaban J connectivity index is 3.69. The largest absolute Gasteiger partial charge is 0.472 e. The van der Waals surface area contributed by atoms with Crippen molar-refractivity contribution in [3.05, 3.63) is 60.8 Å². The minimum absolute atomic E-state index is 0.0565. The lowest BCUT2D eigenvalue weighted by Crippen LogP contribution is -2.29. The number of carbonyl (C=O) groups is 2. The molecule has 2 unspecified atom stereocenters. The van der Waals surface area contributed by atoms with Gasteiger partial charge in [0.1, 0.15) is 6.61 Å². The molecule has 0 radical (unpaired) electrons. The molecule has 0 aliphatic carbocycles. The first-order valence-corrected chi connectivity index (χ1v) is 46.3. The predicted octanol–water partition coefficient (Wildman–Crippen LogP) is 30.4. The van der Waals surface area contributed by atoms with Gasteiger partial charge in [-0.05, 0) is 77.0 Å². The van der Waals surface area contributed by atoms with E-state index in [4.69, 9.17) is 24.3 Å². The standard InChI is InChI=1S/C91H172NO8P/c1-3-5-7-9-11-13-15-17-19-21-23-25-27-29-31-33-35-37-39-41-43-44-46-48-50-52-54-56-58-60-62-64-66-68-70-72-74-76-78-80-82-84-91(94)100-89(88-99-101(95,96)98-86-85-92)87-97-90(93)83-81-79-77-75-73-71-69-67-65-63-61-59-57-55-53-51-49-47-45-42-40-38-36-34-32-30-28-26-24-22-20-18-16-14-12-10-8-6-4-2/h5,7,11,13,17,19,22-25,89H,3-4,6,8-10,12,14-16,18,20-21,26-88,92H2,1-2H3,(H,95,96)/b7-5-,13-11-,19-17-,24-22-,25-23-. The molecule has 0 saturated heterocycles. The van der Waals surface area contributed by atoms with Crippen LogP contribution in [-0.4, -0.2) is 49.3 Å². The smallest absolute Gasteiger partial charge is 0.462 e. The average molecular weight is 1440 g/mol. The van der Waals surface area contributed by atoms with Gasteiger partial charge in [-0.2, -0.15) is 0 Å². The maximum Gasteiger partial charge on any atom is 0.472 e. The zero-order valence-electron chi connectivity index (χ0n) is 67.4. The topological polar surface area (TPSA) is 134 Å². The summed E-state index contributed by atoms with van der Waals surface area (Å²) in [6.07, 6.45) is 116. The average Bonchev–Trinajstić information content (AvgIpc) is 1.04. The quantitative estimate of drug-likeness (QED) is 0.0264. The second-order valence-corrected chi connectivity index (χ2v) is 31.9. The maximum absolute atomic E-state index is 12.8. The second-order valence-electron chi connectivity index (χ2n) is 30.4. The van der Waals surface area contributed by atoms with Crippen molar-refractivity contribution in [2.24, 2.45) is 5.73 Å². The summed E-state index contributed by atoms with van der Waals surface area (Å²) in [4.78, 5) is 35.5. The molecule has 9 nitrogen and oxygen atoms in total. The number of rotatable bonds is 86. The normalized spacial score (nSPS) is 13.0. The fraction of sp³-hybridized carbons (Fsp3) is 0.868. The highest BCUT2D eigenvalue weighted by Gasteiger charge is 2.26. The number of carbonyl (C=O) groups excluding carboxylic acids is 2. The fourth-order valence-corrected chi connectivity index (χ4v) is 14.6. The Hall–Kier alpha value is -2.29. The van der Waals surface area contributed by atoms with E-state index in [9.17, 15) is 19.0 Å². The molecule has 0 bridgehead atoms. The lowest BCUT2D eigenvalue weighted by Gasteiger charge is -2.19. The Morgan fingerprint density at radius 3 is 0.822 bits per heavy atom. The van der Waals surface area contributed by atoms with Gasteiger partial charge < -0.3 is 20.1 Å². The monoisotopic (exact) mass is 1440 g/mol. The van der Waals surface area contributed by atoms with E-state index in [0.717, 1.165) is 57.8 Å². The minimum Gasteiger partial charge on any atom is -0.462 e. The van der Waals surface area contributed by atoms with Gasteiger partial charge >= 0.3 is 19.8 Å². The van der Waals surface area contributed by atoms with Crippen LogP contribution in [0.15, 0.2) is 60.8 Å². The molecular weight excluding hydrogens is 1270 g/mol. The number of phosphoric acid groups is 1. The summed E-state index contributed by atoms with van der Waals surface area (Å²) in [5.74, 6) is -0.798. The first-order valence-electron chi connectivity index (χ1n) is 44.8. The van der Waals surface area contributed by atoms with Crippen LogP contribution < -0.4 is 5.73 Å². The van der Waals surface area contributed by atoms with Gasteiger partial charge in [-0.1, -0.05) is 447 Å². The highest BCUT2D eigenvalue weighted by molar-refractivity contribution is 7.47. The van der Waals surface area contributed by atoms with Gasteiger partial charge in [0.05, 0.1) is 13.2 Å². The molecule has 0 aromatic heterocycles. The molecule has 101 heavy (non-hydrogen) atoms. The number of esters is 2. The van der Waals surface area contributed by atoms with E-state index in [1.165, 1.54) is 385 Å². The number of unbranched alkanes of at least 4 members (excludes halogenated alkanes) is 63. The van der Waals surface area contributed by atoms with Crippen LogP contribution in [0.5, 0.6) is 0 Å². The third kappa shape index (κ3) is 86.5. The summed E-state index contributed by atoms with van der Waals surface area (Å²) in [5, 5.41) is 0. The van der Waals surface area contributed by atoms with Crippen LogP contribution in [0.2, 0.25) is 0 Å². The number of nitrogens with two attached hydrogens (primary N) is 1. The van der Waals surface area contributed by atoms with Crippen molar-refractivity contribution in [1.29, 1.82) is 0 Å². The van der Waals surface area contributed by atoms with Crippen LogP contribution in [0.3, 0.4) is 0 Å². The molecule has 0 heterocycles. The lowest BCUT2D eigenvalue weighted by atomic mass is 10.0. The Morgan fingerprint density at radius 2 is 0.545 bits per heavy atom. The Morgan fingerprint density at radius 1 is 0.307 bits per heavy atom. The Bertz CT molecular complexity index is 1850. The van der Waals surface area contributed by atoms with E-state index >= 15 is 0 Å². The Labute approximate surface area is 629 Å². The highest BCUT2D eigenvalue weighted by atomic mass is 31.2. The predicted molar refractivity (Wildman–Crippen MR) is 441 cm³/mol. The summed E-state index contributed by atoms with van der Waals surface area (Å²) in [6, 6.07) is 0. The lowest BCUT2D eigenvalue weighted by molar-refractivity contribution is -0.161. The number of hydrogen-bond donors (Lipinski definition) is 2. The van der Waals surface area contributed by atoms with Gasteiger partial charge in [-0.25, -0.2) is 4.57 Å². The third-order valence-electron chi connectivity index (χ3n) is 20.4. The molecule has 0 aromatic carbocycles. The molecule has 2 atom stereocenters. The first-order chi connectivity index (χ1) is 49.8. The molecule has 0 rings (SSSR count). The van der Waals surface area contributed by atoms with Crippen LogP contribution in [0.1, 0.15) is 476 Å². The molecular formula is C91H172NO8P. The molecule has 3 N–H and O–H groups in total. The zero-order chi connectivity index (χ0) is 72.9. The molecule has 0 saturated carbocycles. The van der Waals surface area contributed by atoms with Crippen LogP contribution in [-0.2, 0) is 32.7 Å². The van der Waals surface area contributed by atoms with E-state index in [1.54, 1.807) is 0 Å². The minimum atomic E-state index is -4.40. The van der Waals surface area contributed by atoms with Crippen molar-refractivity contribution in [3.8, 4) is 0 Å². The summed E-state index contributed by atoms with van der Waals surface area (Å²) in [7, 11) is -4.40. The van der Waals surface area contributed by atoms with Gasteiger partial charge in [0, 0.05) is 19.4 Å². The van der Waals surface area contributed by atoms with Gasteiger partial charge in [0.15, 0.2) is 6.10 Å². The van der Waals surface area contributed by atoms with Gasteiger partial charge in [-0.3, -0.25) is 18.6 Å². The van der Waals surface area contributed by atoms with Crippen molar-refractivity contribution >= 4 is 19.8 Å². The summed E-state index contributed by atoms with van der Waals surface area (Å²) >= 11 is 0. The molecule has 0 amide bonds. The third-order valence-corrected chi connectivity index (χ3v) is 21.4. The SMILES string of the molecule is CC/C=C\C/C=C\C/C=C\C/C=C\CCCCCCCCCCCCCCCCCCCCCCCCCCCCCCC(=O)OC(COC(=O)CCCCCCCCCCCCCCCCCCCCCCCCCCCCC/C=C\CCCCCCCCCC)COP(=O)(O)OCCN. The van der Waals surface area contributed by atoms with Crippen LogP contribution in [0.4, 0.5) is 0 Å². The summed E-state index contributed by atoms with van der Waals surface area (Å²) in [5.41, 5.74) is 5.43. The van der Waals surface area contributed by atoms with Gasteiger partial charge in [-0.15, -0.1) is 0 Å². The van der Waals surface area contributed by atoms with Gasteiger partial charge in [0.2, 0.25) is 0 Å². The molecule has 0 aliphatic heterocycles. The number of hydrogen-bond acceptors (Lipinski definition) is 8. The van der Waals surface area contributed by atoms with Crippen LogP contribution >= 0.6 is 7.82 Å². The van der Waals surface area contributed by atoms with E-state index < -0.39 is 26.5 Å². The molecule has 594 valence electrons.